The van der Waals surface area contributed by atoms with Gasteiger partial charge in [0.1, 0.15) is 0 Å². The van der Waals surface area contributed by atoms with Crippen LogP contribution in [0, 0.1) is 3.57 Å². The molecule has 0 heterocycles. The summed E-state index contributed by atoms with van der Waals surface area (Å²) in [6.45, 7) is 0.486. The van der Waals surface area contributed by atoms with Crippen LogP contribution in [0.3, 0.4) is 0 Å². The standard InChI is InChI=1S/C9H11ClINO/c1-13-5-9(12)7-4-6(11)2-3-8(7)10/h2-4,9H,5,12H2,1H3/t9-/m1/s1. The fraction of sp³-hybridized carbons (Fsp3) is 0.333. The molecule has 2 nitrogen and oxygen atoms in total. The van der Waals surface area contributed by atoms with Crippen LogP contribution in [0.5, 0.6) is 0 Å². The van der Waals surface area contributed by atoms with Crippen LogP contribution < -0.4 is 5.73 Å². The van der Waals surface area contributed by atoms with Gasteiger partial charge in [0.15, 0.2) is 0 Å². The van der Waals surface area contributed by atoms with Crippen molar-refractivity contribution in [2.75, 3.05) is 13.7 Å². The molecule has 0 saturated heterocycles. The number of methoxy groups -OCH3 is 1. The minimum absolute atomic E-state index is 0.146. The van der Waals surface area contributed by atoms with Gasteiger partial charge in [-0.05, 0) is 46.4 Å². The molecule has 0 amide bonds. The fourth-order valence-electron chi connectivity index (χ4n) is 1.07. The molecule has 0 unspecified atom stereocenters. The van der Waals surface area contributed by atoms with Crippen LogP contribution in [0.25, 0.3) is 0 Å². The maximum atomic E-state index is 5.99. The van der Waals surface area contributed by atoms with Gasteiger partial charge in [-0.3, -0.25) is 0 Å². The van der Waals surface area contributed by atoms with Gasteiger partial charge in [-0.1, -0.05) is 11.6 Å². The summed E-state index contributed by atoms with van der Waals surface area (Å²) in [5.41, 5.74) is 6.80. The Morgan fingerprint density at radius 3 is 2.92 bits per heavy atom. The Kier molecular flexibility index (Phi) is 4.45. The molecule has 0 radical (unpaired) electrons. The molecule has 1 aromatic rings. The second-order valence-electron chi connectivity index (χ2n) is 2.73. The van der Waals surface area contributed by atoms with E-state index in [1.165, 1.54) is 0 Å². The Bertz CT molecular complexity index is 293. The van der Waals surface area contributed by atoms with Gasteiger partial charge >= 0.3 is 0 Å². The monoisotopic (exact) mass is 311 g/mol. The van der Waals surface area contributed by atoms with E-state index >= 15 is 0 Å². The summed E-state index contributed by atoms with van der Waals surface area (Å²) >= 11 is 8.22. The quantitative estimate of drug-likeness (QED) is 0.871. The van der Waals surface area contributed by atoms with Crippen LogP contribution >= 0.6 is 34.2 Å². The van der Waals surface area contributed by atoms with E-state index < -0.39 is 0 Å². The first-order valence-electron chi connectivity index (χ1n) is 3.84. The minimum atomic E-state index is -0.146. The van der Waals surface area contributed by atoms with Gasteiger partial charge in [-0.25, -0.2) is 0 Å². The van der Waals surface area contributed by atoms with Gasteiger partial charge in [0.25, 0.3) is 0 Å². The molecule has 2 N–H and O–H groups in total. The largest absolute Gasteiger partial charge is 0.383 e. The van der Waals surface area contributed by atoms with E-state index in [4.69, 9.17) is 22.1 Å². The lowest BCUT2D eigenvalue weighted by Crippen LogP contribution is -2.16. The van der Waals surface area contributed by atoms with Gasteiger partial charge in [-0.15, -0.1) is 0 Å². The molecule has 0 aromatic heterocycles. The maximum Gasteiger partial charge on any atom is 0.0656 e. The highest BCUT2D eigenvalue weighted by atomic mass is 127. The predicted octanol–water partition coefficient (Wildman–Crippen LogP) is 2.59. The highest BCUT2D eigenvalue weighted by Gasteiger charge is 2.09. The van der Waals surface area contributed by atoms with Gasteiger partial charge in [0, 0.05) is 15.7 Å². The lowest BCUT2D eigenvalue weighted by Gasteiger charge is -2.12. The van der Waals surface area contributed by atoms with Crippen molar-refractivity contribution in [2.24, 2.45) is 5.73 Å². The van der Waals surface area contributed by atoms with Gasteiger partial charge in [-0.2, -0.15) is 0 Å². The molecule has 0 fully saturated rings. The zero-order valence-electron chi connectivity index (χ0n) is 7.26. The number of ether oxygens (including phenoxy) is 1. The van der Waals surface area contributed by atoms with Crippen LogP contribution in [0.1, 0.15) is 11.6 Å². The molecule has 1 aromatic carbocycles. The smallest absolute Gasteiger partial charge is 0.0656 e. The SMILES string of the molecule is COC[C@@H](N)c1cc(I)ccc1Cl. The Balaban J connectivity index is 2.91. The summed E-state index contributed by atoms with van der Waals surface area (Å²) in [5.74, 6) is 0. The molecular weight excluding hydrogens is 300 g/mol. The molecular formula is C9H11ClINO. The van der Waals surface area contributed by atoms with E-state index in [2.05, 4.69) is 22.6 Å². The summed E-state index contributed by atoms with van der Waals surface area (Å²) < 4.78 is 6.10. The first-order chi connectivity index (χ1) is 6.15. The van der Waals surface area contributed by atoms with Crippen molar-refractivity contribution in [1.82, 2.24) is 0 Å². The van der Waals surface area contributed by atoms with Crippen LogP contribution in [0.15, 0.2) is 18.2 Å². The second-order valence-corrected chi connectivity index (χ2v) is 4.38. The van der Waals surface area contributed by atoms with Crippen molar-refractivity contribution < 1.29 is 4.74 Å². The third-order valence-electron chi connectivity index (χ3n) is 1.70. The zero-order valence-corrected chi connectivity index (χ0v) is 10.2. The molecule has 0 aliphatic heterocycles. The molecule has 0 aliphatic rings. The first-order valence-corrected chi connectivity index (χ1v) is 5.30. The summed E-state index contributed by atoms with van der Waals surface area (Å²) in [6.07, 6.45) is 0. The topological polar surface area (TPSA) is 35.2 Å². The number of rotatable bonds is 3. The Morgan fingerprint density at radius 1 is 1.62 bits per heavy atom. The average Bonchev–Trinajstić information content (AvgIpc) is 2.09. The first kappa shape index (κ1) is 11.2. The highest BCUT2D eigenvalue weighted by molar-refractivity contribution is 14.1. The summed E-state index contributed by atoms with van der Waals surface area (Å²) in [6, 6.07) is 5.64. The fourth-order valence-corrected chi connectivity index (χ4v) is 1.84. The van der Waals surface area contributed by atoms with Crippen LogP contribution in [0.2, 0.25) is 5.02 Å². The van der Waals surface area contributed by atoms with E-state index in [0.717, 1.165) is 9.13 Å². The predicted molar refractivity (Wildman–Crippen MR) is 63.0 cm³/mol. The third-order valence-corrected chi connectivity index (χ3v) is 2.72. The molecule has 1 rings (SSSR count). The highest BCUT2D eigenvalue weighted by Crippen LogP contribution is 2.23. The normalized spacial score (nSPS) is 12.9. The van der Waals surface area contributed by atoms with E-state index in [9.17, 15) is 0 Å². The molecule has 0 saturated carbocycles. The second kappa shape index (κ2) is 5.14. The van der Waals surface area contributed by atoms with Crippen molar-refractivity contribution in [3.8, 4) is 0 Å². The van der Waals surface area contributed by atoms with Gasteiger partial charge < -0.3 is 10.5 Å². The van der Waals surface area contributed by atoms with Crippen molar-refractivity contribution >= 4 is 34.2 Å². The summed E-state index contributed by atoms with van der Waals surface area (Å²) in [5, 5.41) is 0.699. The van der Waals surface area contributed by atoms with Crippen LogP contribution in [0.4, 0.5) is 0 Å². The molecule has 0 spiro atoms. The van der Waals surface area contributed by atoms with Crippen molar-refractivity contribution in [1.29, 1.82) is 0 Å². The van der Waals surface area contributed by atoms with E-state index in [-0.39, 0.29) is 6.04 Å². The van der Waals surface area contributed by atoms with Crippen LogP contribution in [-0.2, 0) is 4.74 Å². The zero-order chi connectivity index (χ0) is 9.84. The van der Waals surface area contributed by atoms with Gasteiger partial charge in [0.2, 0.25) is 0 Å². The summed E-state index contributed by atoms with van der Waals surface area (Å²) in [7, 11) is 1.63. The Morgan fingerprint density at radius 2 is 2.31 bits per heavy atom. The average molecular weight is 312 g/mol. The molecule has 0 bridgehead atoms. The van der Waals surface area contributed by atoms with Crippen molar-refractivity contribution in [3.63, 3.8) is 0 Å². The Labute approximate surface area is 96.5 Å². The third kappa shape index (κ3) is 3.09. The maximum absolute atomic E-state index is 5.99. The Hall–Kier alpha value is 0.160. The molecule has 4 heteroatoms. The molecule has 1 atom stereocenters. The van der Waals surface area contributed by atoms with E-state index in [0.29, 0.717) is 11.6 Å². The van der Waals surface area contributed by atoms with Crippen molar-refractivity contribution in [2.45, 2.75) is 6.04 Å². The number of halogens is 2. The number of benzene rings is 1. The lowest BCUT2D eigenvalue weighted by atomic mass is 10.1. The minimum Gasteiger partial charge on any atom is -0.383 e. The molecule has 13 heavy (non-hydrogen) atoms. The van der Waals surface area contributed by atoms with E-state index in [1.807, 2.05) is 18.2 Å². The number of hydrogen-bond acceptors (Lipinski definition) is 2. The summed E-state index contributed by atoms with van der Waals surface area (Å²) in [4.78, 5) is 0. The number of nitrogens with two attached hydrogens (primary N) is 1. The van der Waals surface area contributed by atoms with Crippen molar-refractivity contribution in [3.05, 3.63) is 32.4 Å². The van der Waals surface area contributed by atoms with E-state index in [1.54, 1.807) is 7.11 Å². The van der Waals surface area contributed by atoms with Crippen LogP contribution in [-0.4, -0.2) is 13.7 Å². The number of hydrogen-bond donors (Lipinski definition) is 1. The molecule has 0 aliphatic carbocycles. The molecule has 72 valence electrons. The van der Waals surface area contributed by atoms with Gasteiger partial charge in [0.05, 0.1) is 12.6 Å². The lowest BCUT2D eigenvalue weighted by molar-refractivity contribution is 0.181.